The molecule has 0 saturated carbocycles. The van der Waals surface area contributed by atoms with Gasteiger partial charge in [-0.25, -0.2) is 4.68 Å². The van der Waals surface area contributed by atoms with Crippen molar-refractivity contribution < 1.29 is 4.79 Å². The van der Waals surface area contributed by atoms with Crippen LogP contribution in [-0.2, 0) is 23.1 Å². The monoisotopic (exact) mass is 452 g/mol. The van der Waals surface area contributed by atoms with Crippen molar-refractivity contribution in [2.24, 2.45) is 0 Å². The number of thiophene rings is 1. The average molecular weight is 453 g/mol. The smallest absolute Gasteiger partial charge is 0.235 e. The predicted molar refractivity (Wildman–Crippen MR) is 125 cm³/mol. The van der Waals surface area contributed by atoms with E-state index in [0.29, 0.717) is 21.5 Å². The second-order valence-electron chi connectivity index (χ2n) is 8.51. The SMILES string of the molecule is CC(C)(C)c1ccc(-c2nnc(SCC(=O)Nc3sc4c(c3C#N)CCC4)n2N)cc1. The van der Waals surface area contributed by atoms with Crippen LogP contribution in [0.4, 0.5) is 5.00 Å². The number of nitrogens with zero attached hydrogens (tertiary/aromatic N) is 4. The molecule has 0 bridgehead atoms. The van der Waals surface area contributed by atoms with Crippen molar-refractivity contribution in [2.75, 3.05) is 16.9 Å². The van der Waals surface area contributed by atoms with E-state index < -0.39 is 0 Å². The zero-order valence-electron chi connectivity index (χ0n) is 17.7. The van der Waals surface area contributed by atoms with Crippen LogP contribution < -0.4 is 11.2 Å². The molecule has 0 unspecified atom stereocenters. The fourth-order valence-corrected chi connectivity index (χ4v) is 5.51. The Morgan fingerprint density at radius 3 is 2.71 bits per heavy atom. The van der Waals surface area contributed by atoms with Gasteiger partial charge in [-0.05, 0) is 35.8 Å². The number of carbonyl (C=O) groups is 1. The van der Waals surface area contributed by atoms with E-state index in [-0.39, 0.29) is 17.1 Å². The normalized spacial score (nSPS) is 13.1. The van der Waals surface area contributed by atoms with Crippen LogP contribution in [0.15, 0.2) is 29.4 Å². The first-order valence-corrected chi connectivity index (χ1v) is 11.9. The molecule has 31 heavy (non-hydrogen) atoms. The molecular weight excluding hydrogens is 428 g/mol. The van der Waals surface area contributed by atoms with Crippen molar-refractivity contribution in [1.82, 2.24) is 14.9 Å². The summed E-state index contributed by atoms with van der Waals surface area (Å²) < 4.78 is 1.41. The topological polar surface area (TPSA) is 110 Å². The van der Waals surface area contributed by atoms with Gasteiger partial charge >= 0.3 is 0 Å². The molecule has 2 aromatic heterocycles. The van der Waals surface area contributed by atoms with Gasteiger partial charge in [0.1, 0.15) is 11.1 Å². The fraction of sp³-hybridized carbons (Fsp3) is 0.364. The van der Waals surface area contributed by atoms with Crippen molar-refractivity contribution in [2.45, 2.75) is 50.6 Å². The van der Waals surface area contributed by atoms with Crippen LogP contribution >= 0.6 is 23.1 Å². The summed E-state index contributed by atoms with van der Waals surface area (Å²) >= 11 is 2.72. The second kappa shape index (κ2) is 8.36. The number of aromatic nitrogens is 3. The van der Waals surface area contributed by atoms with Gasteiger partial charge in [-0.3, -0.25) is 4.79 Å². The summed E-state index contributed by atoms with van der Waals surface area (Å²) in [5, 5.41) is 21.8. The highest BCUT2D eigenvalue weighted by Crippen LogP contribution is 2.38. The molecule has 3 N–H and O–H groups in total. The summed E-state index contributed by atoms with van der Waals surface area (Å²) in [4.78, 5) is 13.7. The molecule has 0 radical (unpaired) electrons. The second-order valence-corrected chi connectivity index (χ2v) is 10.6. The number of hydrogen-bond acceptors (Lipinski definition) is 7. The molecule has 1 amide bonds. The Balaban J connectivity index is 1.42. The Labute approximate surface area is 189 Å². The maximum Gasteiger partial charge on any atom is 0.235 e. The van der Waals surface area contributed by atoms with E-state index in [4.69, 9.17) is 5.84 Å². The molecule has 1 aliphatic carbocycles. The van der Waals surface area contributed by atoms with E-state index in [0.717, 1.165) is 30.4 Å². The minimum Gasteiger partial charge on any atom is -0.335 e. The van der Waals surface area contributed by atoms with Gasteiger partial charge in [-0.1, -0.05) is 56.8 Å². The standard InChI is InChI=1S/C22H24N6OS2/c1-22(2,3)14-9-7-13(8-10-14)19-26-27-21(28(19)24)30-12-18(29)25-20-16(11-23)15-5-4-6-17(15)31-20/h7-10H,4-6,12,24H2,1-3H3,(H,25,29). The zero-order valence-corrected chi connectivity index (χ0v) is 19.4. The summed E-state index contributed by atoms with van der Waals surface area (Å²) in [6, 6.07) is 10.3. The summed E-state index contributed by atoms with van der Waals surface area (Å²) in [5.74, 6) is 6.67. The lowest BCUT2D eigenvalue weighted by Gasteiger charge is -2.19. The quantitative estimate of drug-likeness (QED) is 0.445. The first-order valence-electron chi connectivity index (χ1n) is 10.1. The molecule has 0 saturated heterocycles. The minimum atomic E-state index is -0.194. The van der Waals surface area contributed by atoms with E-state index in [1.807, 2.05) is 12.1 Å². The van der Waals surface area contributed by atoms with Crippen LogP contribution in [0.5, 0.6) is 0 Å². The highest BCUT2D eigenvalue weighted by molar-refractivity contribution is 7.99. The molecule has 0 fully saturated rings. The molecular formula is C22H24N6OS2. The summed E-state index contributed by atoms with van der Waals surface area (Å²) in [6.07, 6.45) is 2.97. The highest BCUT2D eigenvalue weighted by Gasteiger charge is 2.23. The van der Waals surface area contributed by atoms with Crippen molar-refractivity contribution in [3.8, 4) is 17.5 Å². The van der Waals surface area contributed by atoms with E-state index in [9.17, 15) is 10.1 Å². The third-order valence-electron chi connectivity index (χ3n) is 5.29. The molecule has 0 spiro atoms. The summed E-state index contributed by atoms with van der Waals surface area (Å²) in [6.45, 7) is 6.49. The van der Waals surface area contributed by atoms with Crippen LogP contribution in [0.25, 0.3) is 11.4 Å². The Kier molecular flexibility index (Phi) is 5.77. The summed E-state index contributed by atoms with van der Waals surface area (Å²) in [7, 11) is 0. The number of rotatable bonds is 5. The van der Waals surface area contributed by atoms with Crippen LogP contribution in [0, 0.1) is 11.3 Å². The number of fused-ring (bicyclic) bond motifs is 1. The summed E-state index contributed by atoms with van der Waals surface area (Å²) in [5.41, 5.74) is 3.86. The van der Waals surface area contributed by atoms with Crippen molar-refractivity contribution in [3.63, 3.8) is 0 Å². The molecule has 1 aliphatic rings. The van der Waals surface area contributed by atoms with Gasteiger partial charge in [0.25, 0.3) is 0 Å². The molecule has 0 atom stereocenters. The first kappa shape index (κ1) is 21.4. The molecule has 160 valence electrons. The van der Waals surface area contributed by atoms with Gasteiger partial charge in [-0.15, -0.1) is 21.5 Å². The van der Waals surface area contributed by atoms with Crippen LogP contribution in [0.3, 0.4) is 0 Å². The van der Waals surface area contributed by atoms with Crippen molar-refractivity contribution in [3.05, 3.63) is 45.8 Å². The molecule has 0 aliphatic heterocycles. The van der Waals surface area contributed by atoms with Crippen molar-refractivity contribution in [1.29, 1.82) is 5.26 Å². The lowest BCUT2D eigenvalue weighted by atomic mass is 9.87. The molecule has 9 heteroatoms. The maximum absolute atomic E-state index is 12.5. The zero-order chi connectivity index (χ0) is 22.2. The Bertz CT molecular complexity index is 1160. The average Bonchev–Trinajstić information content (AvgIpc) is 3.40. The largest absolute Gasteiger partial charge is 0.335 e. The van der Waals surface area contributed by atoms with Gasteiger partial charge in [0.15, 0.2) is 5.82 Å². The third kappa shape index (κ3) is 4.31. The number of benzene rings is 1. The van der Waals surface area contributed by atoms with Gasteiger partial charge in [0, 0.05) is 10.4 Å². The van der Waals surface area contributed by atoms with Crippen molar-refractivity contribution >= 4 is 34.0 Å². The fourth-order valence-electron chi connectivity index (χ4n) is 3.60. The van der Waals surface area contributed by atoms with Crippen LogP contribution in [0.1, 0.15) is 48.8 Å². The lowest BCUT2D eigenvalue weighted by Crippen LogP contribution is -2.16. The lowest BCUT2D eigenvalue weighted by molar-refractivity contribution is -0.113. The Morgan fingerprint density at radius 1 is 1.29 bits per heavy atom. The minimum absolute atomic E-state index is 0.0669. The number of nitrogens with one attached hydrogen (secondary N) is 1. The number of thioether (sulfide) groups is 1. The van der Waals surface area contributed by atoms with E-state index >= 15 is 0 Å². The number of nitrogen functional groups attached to an aromatic ring is 1. The molecule has 4 rings (SSSR count). The number of carbonyl (C=O) groups excluding carboxylic acids is 1. The highest BCUT2D eigenvalue weighted by atomic mass is 32.2. The third-order valence-corrected chi connectivity index (χ3v) is 7.44. The number of amides is 1. The number of nitrogens with two attached hydrogens (primary N) is 1. The number of anilines is 1. The maximum atomic E-state index is 12.5. The van der Waals surface area contributed by atoms with E-state index in [2.05, 4.69) is 54.5 Å². The number of aryl methyl sites for hydroxylation is 1. The van der Waals surface area contributed by atoms with Crippen LogP contribution in [-0.4, -0.2) is 26.5 Å². The predicted octanol–water partition coefficient (Wildman–Crippen LogP) is 4.11. The van der Waals surface area contributed by atoms with Gasteiger partial charge in [0.2, 0.25) is 11.1 Å². The first-order chi connectivity index (χ1) is 14.8. The van der Waals surface area contributed by atoms with Crippen LogP contribution in [0.2, 0.25) is 0 Å². The molecule has 7 nitrogen and oxygen atoms in total. The molecule has 2 heterocycles. The molecule has 1 aromatic carbocycles. The van der Waals surface area contributed by atoms with Gasteiger partial charge in [-0.2, -0.15) is 5.26 Å². The number of hydrogen-bond donors (Lipinski definition) is 2. The van der Waals surface area contributed by atoms with E-state index in [1.54, 1.807) is 0 Å². The van der Waals surface area contributed by atoms with E-state index in [1.165, 1.54) is 38.2 Å². The molecule has 3 aromatic rings. The number of nitriles is 1. The Morgan fingerprint density at radius 2 is 2.03 bits per heavy atom. The van der Waals surface area contributed by atoms with Gasteiger partial charge < -0.3 is 11.2 Å². The Hall–Kier alpha value is -2.83. The van der Waals surface area contributed by atoms with Gasteiger partial charge in [0.05, 0.1) is 11.3 Å².